The quantitative estimate of drug-likeness (QED) is 0.0320. The molecule has 0 rings (SSSR count). The van der Waals surface area contributed by atoms with Gasteiger partial charge in [-0.05, 0) is 57.8 Å². The zero-order valence-electron chi connectivity index (χ0n) is 50.5. The van der Waals surface area contributed by atoms with E-state index in [1.165, 1.54) is 289 Å². The number of allylic oxidation sites excluding steroid dienone is 5. The number of esters is 1. The minimum Gasteiger partial charge on any atom is -0.466 e. The first-order chi connectivity index (χ1) is 37.0. The number of carbonyl (C=O) groups excluding carboxylic acids is 2. The van der Waals surface area contributed by atoms with Crippen LogP contribution in [0.5, 0.6) is 0 Å². The molecule has 0 aliphatic heterocycles. The van der Waals surface area contributed by atoms with E-state index in [9.17, 15) is 19.8 Å². The molecule has 0 aliphatic rings. The van der Waals surface area contributed by atoms with Crippen molar-refractivity contribution in [2.45, 2.75) is 379 Å². The molecule has 0 aromatic heterocycles. The molecule has 0 fully saturated rings. The molecule has 442 valence electrons. The van der Waals surface area contributed by atoms with Gasteiger partial charge in [0.15, 0.2) is 0 Å². The molecule has 6 heteroatoms. The molecule has 2 unspecified atom stereocenters. The number of hydrogen-bond acceptors (Lipinski definition) is 5. The summed E-state index contributed by atoms with van der Waals surface area (Å²) in [5.74, 6) is -0.0601. The van der Waals surface area contributed by atoms with E-state index < -0.39 is 12.1 Å². The Morgan fingerprint density at radius 3 is 1.07 bits per heavy atom. The number of amides is 1. The van der Waals surface area contributed by atoms with Gasteiger partial charge in [0.2, 0.25) is 5.91 Å². The molecule has 0 aromatic carbocycles. The number of unbranched alkanes of at least 4 members (excludes halogenated alkanes) is 48. The number of rotatable bonds is 63. The van der Waals surface area contributed by atoms with Crippen LogP contribution < -0.4 is 5.32 Å². The van der Waals surface area contributed by atoms with Crippen molar-refractivity contribution in [1.82, 2.24) is 5.32 Å². The summed E-state index contributed by atoms with van der Waals surface area (Å²) in [6.45, 7) is 4.86. The van der Waals surface area contributed by atoms with Crippen molar-refractivity contribution in [1.29, 1.82) is 0 Å². The Morgan fingerprint density at radius 2 is 0.693 bits per heavy atom. The Hall–Kier alpha value is -1.92. The average molecular weight is 1050 g/mol. The molecule has 1 amide bonds. The lowest BCUT2D eigenvalue weighted by atomic mass is 10.0. The van der Waals surface area contributed by atoms with E-state index >= 15 is 0 Å². The Balaban J connectivity index is 3.38. The Labute approximate surface area is 468 Å². The van der Waals surface area contributed by atoms with Crippen LogP contribution in [0.3, 0.4) is 0 Å². The summed E-state index contributed by atoms with van der Waals surface area (Å²) in [6, 6.07) is -0.626. The van der Waals surface area contributed by atoms with Crippen molar-refractivity contribution in [2.75, 3.05) is 13.2 Å². The third kappa shape index (κ3) is 61.2. The molecule has 0 bridgehead atoms. The van der Waals surface area contributed by atoms with Crippen LogP contribution in [0.4, 0.5) is 0 Å². The smallest absolute Gasteiger partial charge is 0.305 e. The Kier molecular flexibility index (Phi) is 63.0. The highest BCUT2D eigenvalue weighted by Gasteiger charge is 2.18. The summed E-state index contributed by atoms with van der Waals surface area (Å²) in [7, 11) is 0. The second-order valence-corrected chi connectivity index (χ2v) is 23.2. The summed E-state index contributed by atoms with van der Waals surface area (Å²) in [4.78, 5) is 24.5. The lowest BCUT2D eigenvalue weighted by molar-refractivity contribution is -0.143. The normalized spacial score (nSPS) is 12.7. The number of ether oxygens (including phenoxy) is 1. The van der Waals surface area contributed by atoms with Gasteiger partial charge in [-0.1, -0.05) is 333 Å². The molecular weight excluding hydrogens is 923 g/mol. The molecule has 0 heterocycles. The Bertz CT molecular complexity index is 1210. The monoisotopic (exact) mass is 1050 g/mol. The standard InChI is InChI=1S/C69H131NO5/c1-3-5-7-9-11-13-15-17-18-19-31-34-38-41-45-49-53-57-61-67(72)66(65-71)70-68(73)62-58-54-50-46-42-39-35-32-29-27-25-23-21-20-22-24-26-28-30-33-36-40-44-48-52-56-60-64-75-69(74)63-59-55-51-47-43-37-16-14-12-10-8-6-4-2/h8,10,14,16,57,61,66-67,71-72H,3-7,9,11-13,15,17-56,58-60,62-65H2,1-2H3,(H,70,73)/b10-8-,16-14-,61-57+. The molecule has 0 saturated carbocycles. The van der Waals surface area contributed by atoms with Crippen molar-refractivity contribution in [3.05, 3.63) is 36.5 Å². The zero-order chi connectivity index (χ0) is 54.3. The van der Waals surface area contributed by atoms with Gasteiger partial charge in [0.1, 0.15) is 0 Å². The van der Waals surface area contributed by atoms with E-state index in [1.807, 2.05) is 6.08 Å². The summed E-state index contributed by atoms with van der Waals surface area (Å²) in [6.07, 6.45) is 82.1. The number of carbonyl (C=O) groups is 2. The minimum absolute atomic E-state index is 0.00249. The second-order valence-electron chi connectivity index (χ2n) is 23.2. The molecule has 0 aliphatic carbocycles. The van der Waals surface area contributed by atoms with Gasteiger partial charge in [-0.2, -0.15) is 0 Å². The van der Waals surface area contributed by atoms with Crippen LogP contribution in [0.25, 0.3) is 0 Å². The molecule has 0 spiro atoms. The number of nitrogens with one attached hydrogen (secondary N) is 1. The van der Waals surface area contributed by atoms with Gasteiger partial charge in [-0.25, -0.2) is 0 Å². The van der Waals surface area contributed by atoms with E-state index in [0.717, 1.165) is 51.4 Å². The highest BCUT2D eigenvalue weighted by Crippen LogP contribution is 2.18. The SMILES string of the molecule is CCC/C=C\C/C=C\CCCCCCCC(=O)OCCCCCCCCCCCCCCCCCCCCCCCCCCCCCC(=O)NC(CO)C(O)/C=C/CCCCCCCCCCCCCCCCCC. The van der Waals surface area contributed by atoms with Crippen LogP contribution in [0.1, 0.15) is 367 Å². The summed E-state index contributed by atoms with van der Waals surface area (Å²) < 4.78 is 5.47. The third-order valence-electron chi connectivity index (χ3n) is 15.6. The van der Waals surface area contributed by atoms with E-state index in [-0.39, 0.29) is 18.5 Å². The van der Waals surface area contributed by atoms with Crippen molar-refractivity contribution < 1.29 is 24.5 Å². The first kappa shape index (κ1) is 73.1. The second kappa shape index (κ2) is 64.6. The molecule has 6 nitrogen and oxygen atoms in total. The first-order valence-electron chi connectivity index (χ1n) is 33.8. The van der Waals surface area contributed by atoms with Gasteiger partial charge < -0.3 is 20.3 Å². The summed E-state index contributed by atoms with van der Waals surface area (Å²) >= 11 is 0. The Morgan fingerprint density at radius 1 is 0.373 bits per heavy atom. The highest BCUT2D eigenvalue weighted by atomic mass is 16.5. The number of aliphatic hydroxyl groups is 2. The van der Waals surface area contributed by atoms with Crippen molar-refractivity contribution in [2.24, 2.45) is 0 Å². The third-order valence-corrected chi connectivity index (χ3v) is 15.6. The van der Waals surface area contributed by atoms with Gasteiger partial charge in [-0.15, -0.1) is 0 Å². The topological polar surface area (TPSA) is 95.9 Å². The summed E-state index contributed by atoms with van der Waals surface area (Å²) in [5, 5.41) is 23.2. The minimum atomic E-state index is -0.843. The fourth-order valence-electron chi connectivity index (χ4n) is 10.5. The largest absolute Gasteiger partial charge is 0.466 e. The van der Waals surface area contributed by atoms with Crippen LogP contribution in [0.15, 0.2) is 36.5 Å². The maximum atomic E-state index is 12.5. The number of aliphatic hydroxyl groups excluding tert-OH is 2. The predicted octanol–water partition coefficient (Wildman–Crippen LogP) is 21.5. The predicted molar refractivity (Wildman–Crippen MR) is 329 cm³/mol. The van der Waals surface area contributed by atoms with E-state index in [4.69, 9.17) is 4.74 Å². The van der Waals surface area contributed by atoms with Gasteiger partial charge >= 0.3 is 5.97 Å². The molecule has 75 heavy (non-hydrogen) atoms. The van der Waals surface area contributed by atoms with Gasteiger partial charge in [0, 0.05) is 12.8 Å². The maximum absolute atomic E-state index is 12.5. The maximum Gasteiger partial charge on any atom is 0.305 e. The molecule has 3 N–H and O–H groups in total. The van der Waals surface area contributed by atoms with Crippen LogP contribution in [0, 0.1) is 0 Å². The van der Waals surface area contributed by atoms with Crippen molar-refractivity contribution in [3.8, 4) is 0 Å². The molecule has 2 atom stereocenters. The first-order valence-corrected chi connectivity index (χ1v) is 33.8. The van der Waals surface area contributed by atoms with Crippen LogP contribution >= 0.6 is 0 Å². The van der Waals surface area contributed by atoms with E-state index in [2.05, 4.69) is 43.5 Å². The van der Waals surface area contributed by atoms with Crippen LogP contribution in [-0.4, -0.2) is 47.4 Å². The van der Waals surface area contributed by atoms with Gasteiger partial charge in [-0.3, -0.25) is 9.59 Å². The van der Waals surface area contributed by atoms with E-state index in [1.54, 1.807) is 6.08 Å². The molecule has 0 radical (unpaired) electrons. The lowest BCUT2D eigenvalue weighted by Crippen LogP contribution is -2.45. The summed E-state index contributed by atoms with van der Waals surface area (Å²) in [5.41, 5.74) is 0. The fraction of sp³-hybridized carbons (Fsp3) is 0.884. The van der Waals surface area contributed by atoms with Gasteiger partial charge in [0.05, 0.1) is 25.4 Å². The highest BCUT2D eigenvalue weighted by molar-refractivity contribution is 5.76. The number of hydrogen-bond donors (Lipinski definition) is 3. The zero-order valence-corrected chi connectivity index (χ0v) is 50.5. The van der Waals surface area contributed by atoms with Crippen LogP contribution in [-0.2, 0) is 14.3 Å². The molecule has 0 saturated heterocycles. The van der Waals surface area contributed by atoms with Crippen molar-refractivity contribution in [3.63, 3.8) is 0 Å². The van der Waals surface area contributed by atoms with Crippen LogP contribution in [0.2, 0.25) is 0 Å². The van der Waals surface area contributed by atoms with Gasteiger partial charge in [0.25, 0.3) is 0 Å². The lowest BCUT2D eigenvalue weighted by Gasteiger charge is -2.20. The molecular formula is C69H131NO5. The average Bonchev–Trinajstić information content (AvgIpc) is 3.41. The molecule has 0 aromatic rings. The van der Waals surface area contributed by atoms with E-state index in [0.29, 0.717) is 19.4 Å². The van der Waals surface area contributed by atoms with Crippen molar-refractivity contribution >= 4 is 11.9 Å². The fourth-order valence-corrected chi connectivity index (χ4v) is 10.5.